The highest BCUT2D eigenvalue weighted by molar-refractivity contribution is 7.12. The van der Waals surface area contributed by atoms with Crippen molar-refractivity contribution in [2.45, 2.75) is 91.3 Å². The molecule has 1 amide bonds. The lowest BCUT2D eigenvalue weighted by atomic mass is 9.76. The minimum absolute atomic E-state index is 0.0803. The van der Waals surface area contributed by atoms with E-state index in [1.807, 2.05) is 36.2 Å². The van der Waals surface area contributed by atoms with E-state index in [2.05, 4.69) is 52.7 Å². The van der Waals surface area contributed by atoms with Crippen molar-refractivity contribution in [3.8, 4) is 0 Å². The summed E-state index contributed by atoms with van der Waals surface area (Å²) in [5.41, 5.74) is 5.60. The third-order valence-corrected chi connectivity index (χ3v) is 11.1. The summed E-state index contributed by atoms with van der Waals surface area (Å²) in [6.07, 6.45) is 8.03. The third kappa shape index (κ3) is 4.91. The van der Waals surface area contributed by atoms with Gasteiger partial charge < -0.3 is 9.88 Å². The van der Waals surface area contributed by atoms with Crippen LogP contribution in [0.2, 0.25) is 0 Å². The van der Waals surface area contributed by atoms with Gasteiger partial charge in [-0.2, -0.15) is 5.10 Å². The van der Waals surface area contributed by atoms with Crippen molar-refractivity contribution in [2.24, 2.45) is 5.92 Å². The second kappa shape index (κ2) is 10.4. The van der Waals surface area contributed by atoms with Crippen molar-refractivity contribution in [1.82, 2.24) is 24.6 Å². The van der Waals surface area contributed by atoms with Crippen LogP contribution in [0.1, 0.15) is 92.8 Å². The summed E-state index contributed by atoms with van der Waals surface area (Å²) < 4.78 is 2.14. The highest BCUT2D eigenvalue weighted by atomic mass is 32.1. The molecule has 0 radical (unpaired) electrons. The Morgan fingerprint density at radius 3 is 2.49 bits per heavy atom. The van der Waals surface area contributed by atoms with Crippen molar-refractivity contribution in [3.63, 3.8) is 0 Å². The van der Waals surface area contributed by atoms with Gasteiger partial charge in [-0.15, -0.1) is 11.3 Å². The maximum absolute atomic E-state index is 13.6. The van der Waals surface area contributed by atoms with Crippen molar-refractivity contribution < 1.29 is 4.79 Å². The first-order valence-corrected chi connectivity index (χ1v) is 15.4. The predicted molar refractivity (Wildman–Crippen MR) is 156 cm³/mol. The molecule has 208 valence electrons. The first kappa shape index (κ1) is 26.5. The number of rotatable bonds is 6. The van der Waals surface area contributed by atoms with Crippen LogP contribution in [-0.4, -0.2) is 56.1 Å². The Bertz CT molecular complexity index is 1440. The summed E-state index contributed by atoms with van der Waals surface area (Å²) in [6, 6.07) is 5.31. The van der Waals surface area contributed by atoms with Gasteiger partial charge in [0.05, 0.1) is 23.8 Å². The van der Waals surface area contributed by atoms with Gasteiger partial charge in [-0.1, -0.05) is 6.92 Å². The zero-order valence-electron chi connectivity index (χ0n) is 23.9. The summed E-state index contributed by atoms with van der Waals surface area (Å²) in [5.74, 6) is 1.23. The fourth-order valence-corrected chi connectivity index (χ4v) is 8.60. The Balaban J connectivity index is 1.09. The quantitative estimate of drug-likeness (QED) is 0.456. The fraction of sp³-hybridized carbons (Fsp3) is 0.581. The molecule has 2 fully saturated rings. The maximum atomic E-state index is 13.6. The van der Waals surface area contributed by atoms with E-state index in [9.17, 15) is 9.59 Å². The minimum atomic E-state index is -0.0803. The number of aryl methyl sites for hydroxylation is 3. The molecule has 1 aliphatic carbocycles. The Morgan fingerprint density at radius 1 is 1.08 bits per heavy atom. The number of thiophene rings is 1. The molecule has 1 unspecified atom stereocenters. The second-order valence-electron chi connectivity index (χ2n) is 12.2. The molecule has 1 atom stereocenters. The molecule has 39 heavy (non-hydrogen) atoms. The van der Waals surface area contributed by atoms with E-state index < -0.39 is 0 Å². The van der Waals surface area contributed by atoms with Crippen molar-refractivity contribution >= 4 is 17.2 Å². The molecule has 6 rings (SSSR count). The van der Waals surface area contributed by atoms with E-state index in [-0.39, 0.29) is 11.5 Å². The Morgan fingerprint density at radius 2 is 1.82 bits per heavy atom. The number of aromatic amines is 1. The molecule has 7 nitrogen and oxygen atoms in total. The average molecular weight is 548 g/mol. The number of carbonyl (C=O) groups excluding carboxylic acids is 1. The van der Waals surface area contributed by atoms with Crippen LogP contribution in [0.15, 0.2) is 23.1 Å². The molecule has 0 spiro atoms. The van der Waals surface area contributed by atoms with Gasteiger partial charge in [0.15, 0.2) is 0 Å². The van der Waals surface area contributed by atoms with E-state index in [0.29, 0.717) is 42.6 Å². The van der Waals surface area contributed by atoms with Crippen molar-refractivity contribution in [1.29, 1.82) is 0 Å². The molecule has 0 aromatic carbocycles. The van der Waals surface area contributed by atoms with Gasteiger partial charge in [-0.3, -0.25) is 19.2 Å². The fourth-order valence-electron chi connectivity index (χ4n) is 7.17. The van der Waals surface area contributed by atoms with E-state index in [1.165, 1.54) is 41.0 Å². The summed E-state index contributed by atoms with van der Waals surface area (Å²) in [7, 11) is 0. The lowest BCUT2D eigenvalue weighted by Crippen LogP contribution is -2.53. The van der Waals surface area contributed by atoms with Gasteiger partial charge in [-0.05, 0) is 88.5 Å². The molecule has 3 aromatic rings. The van der Waals surface area contributed by atoms with Crippen LogP contribution in [0.5, 0.6) is 0 Å². The molecule has 1 saturated heterocycles. The molecule has 3 aromatic heterocycles. The van der Waals surface area contributed by atoms with Crippen LogP contribution in [0.25, 0.3) is 0 Å². The predicted octanol–water partition coefficient (Wildman–Crippen LogP) is 5.28. The molecule has 1 N–H and O–H groups in total. The van der Waals surface area contributed by atoms with E-state index in [4.69, 9.17) is 0 Å². The molecule has 2 aliphatic heterocycles. The number of carbonyl (C=O) groups is 1. The molecular weight excluding hydrogens is 506 g/mol. The number of fused-ring (bicyclic) bond motifs is 1. The van der Waals surface area contributed by atoms with Crippen LogP contribution in [-0.2, 0) is 13.0 Å². The van der Waals surface area contributed by atoms with E-state index in [0.717, 1.165) is 42.0 Å². The number of amides is 1. The number of hydrogen-bond acceptors (Lipinski definition) is 5. The lowest BCUT2D eigenvalue weighted by molar-refractivity contribution is 0.0269. The highest BCUT2D eigenvalue weighted by Gasteiger charge is 2.38. The number of nitrogens with zero attached hydrogens (tertiary/aromatic N) is 4. The maximum Gasteiger partial charge on any atom is 0.255 e. The SMILES string of the molecule is Cc1ccn(C2CN(C3CCC(C(C)c4sc5c(c4C)C(=O)N(Cc4c(C)cc(C)[nH]c4=O)CC5)CC3)C2)n1. The minimum Gasteiger partial charge on any atom is -0.334 e. The highest BCUT2D eigenvalue weighted by Crippen LogP contribution is 2.44. The average Bonchev–Trinajstić information content (AvgIpc) is 3.45. The number of aromatic nitrogens is 3. The molecule has 8 heteroatoms. The number of H-pyrrole nitrogens is 1. The zero-order chi connectivity index (χ0) is 27.4. The van der Waals surface area contributed by atoms with Gasteiger partial charge in [0.2, 0.25) is 0 Å². The zero-order valence-corrected chi connectivity index (χ0v) is 24.7. The van der Waals surface area contributed by atoms with Crippen LogP contribution in [0.4, 0.5) is 0 Å². The summed E-state index contributed by atoms with van der Waals surface area (Å²) in [5, 5.41) is 4.61. The Hall–Kier alpha value is -2.71. The second-order valence-corrected chi connectivity index (χ2v) is 13.3. The topological polar surface area (TPSA) is 74.2 Å². The third-order valence-electron chi connectivity index (χ3n) is 9.59. The van der Waals surface area contributed by atoms with Gasteiger partial charge in [-0.25, -0.2) is 0 Å². The van der Waals surface area contributed by atoms with Gasteiger partial charge in [0, 0.05) is 59.3 Å². The summed E-state index contributed by atoms with van der Waals surface area (Å²) in [4.78, 5) is 36.3. The molecule has 1 saturated carbocycles. The van der Waals surface area contributed by atoms with E-state index in [1.54, 1.807) is 0 Å². The summed E-state index contributed by atoms with van der Waals surface area (Å²) in [6.45, 7) is 13.7. The van der Waals surface area contributed by atoms with Gasteiger partial charge >= 0.3 is 0 Å². The normalized spacial score (nSPS) is 23.1. The van der Waals surface area contributed by atoms with E-state index >= 15 is 0 Å². The van der Waals surface area contributed by atoms with Gasteiger partial charge in [0.1, 0.15) is 0 Å². The Kier molecular flexibility index (Phi) is 7.04. The molecular formula is C31H41N5O2S. The lowest BCUT2D eigenvalue weighted by Gasteiger charge is -2.47. The Labute approximate surface area is 235 Å². The van der Waals surface area contributed by atoms with Crippen LogP contribution in [0, 0.1) is 33.6 Å². The van der Waals surface area contributed by atoms with Gasteiger partial charge in [0.25, 0.3) is 11.5 Å². The van der Waals surface area contributed by atoms with Crippen LogP contribution in [0.3, 0.4) is 0 Å². The first-order chi connectivity index (χ1) is 18.7. The number of hydrogen-bond donors (Lipinski definition) is 1. The standard InChI is InChI=1S/C31H41N5O2S/c1-18-14-20(3)32-30(37)26(18)17-34-12-11-27-28(31(34)38)22(5)29(39-27)21(4)23-6-8-24(9-7-23)35-15-25(16-35)36-13-10-19(2)33-36/h10,13-14,21,23-25H,6-9,11-12,15-17H2,1-5H3,(H,32,37). The van der Waals surface area contributed by atoms with Crippen molar-refractivity contribution in [3.05, 3.63) is 72.1 Å². The summed E-state index contributed by atoms with van der Waals surface area (Å²) >= 11 is 1.87. The number of likely N-dealkylation sites (tertiary alicyclic amines) is 1. The number of nitrogens with one attached hydrogen (secondary N) is 1. The molecule has 0 bridgehead atoms. The largest absolute Gasteiger partial charge is 0.334 e. The first-order valence-electron chi connectivity index (χ1n) is 14.6. The number of pyridine rings is 1. The smallest absolute Gasteiger partial charge is 0.255 e. The molecule has 5 heterocycles. The monoisotopic (exact) mass is 547 g/mol. The molecule has 3 aliphatic rings. The van der Waals surface area contributed by atoms with Crippen LogP contribution < -0.4 is 5.56 Å². The van der Waals surface area contributed by atoms with Crippen molar-refractivity contribution in [2.75, 3.05) is 19.6 Å². The van der Waals surface area contributed by atoms with Crippen LogP contribution >= 0.6 is 11.3 Å².